The van der Waals surface area contributed by atoms with Crippen molar-refractivity contribution in [3.05, 3.63) is 36.5 Å². The number of hydrogen-bond acceptors (Lipinski definition) is 5. The van der Waals surface area contributed by atoms with Crippen LogP contribution in [0.5, 0.6) is 0 Å². The van der Waals surface area contributed by atoms with Crippen molar-refractivity contribution in [2.45, 2.75) is 0 Å². The average molecular weight is 259 g/mol. The second-order valence-corrected chi connectivity index (χ2v) is 4.05. The van der Waals surface area contributed by atoms with Gasteiger partial charge < -0.3 is 14.8 Å². The summed E-state index contributed by atoms with van der Waals surface area (Å²) in [6, 6.07) is 4.25. The molecule has 0 aliphatic carbocycles. The third kappa shape index (κ3) is 1.95. The van der Waals surface area contributed by atoms with Crippen molar-refractivity contribution in [1.82, 2.24) is 19.7 Å². The predicted octanol–water partition coefficient (Wildman–Crippen LogP) is 1.86. The van der Waals surface area contributed by atoms with E-state index in [0.717, 1.165) is 5.69 Å². The SMILES string of the molecule is Cn1cncc1-c1noc(-c2ccc(F)c(N)c2)n1. The molecule has 3 rings (SSSR count). The summed E-state index contributed by atoms with van der Waals surface area (Å²) in [5.74, 6) is 0.218. The Hall–Kier alpha value is -2.70. The molecule has 2 N–H and O–H groups in total. The molecule has 0 aliphatic heterocycles. The van der Waals surface area contributed by atoms with Gasteiger partial charge in [-0.25, -0.2) is 9.37 Å². The third-order valence-corrected chi connectivity index (χ3v) is 2.71. The van der Waals surface area contributed by atoms with Crippen LogP contribution in [-0.4, -0.2) is 19.7 Å². The molecule has 0 aliphatic rings. The lowest BCUT2D eigenvalue weighted by molar-refractivity contribution is 0.432. The minimum atomic E-state index is -0.477. The summed E-state index contributed by atoms with van der Waals surface area (Å²) < 4.78 is 20.0. The predicted molar refractivity (Wildman–Crippen MR) is 66.3 cm³/mol. The number of nitrogen functional groups attached to an aromatic ring is 1. The van der Waals surface area contributed by atoms with Crippen LogP contribution >= 0.6 is 0 Å². The molecule has 2 aromatic heterocycles. The second-order valence-electron chi connectivity index (χ2n) is 4.05. The fourth-order valence-corrected chi connectivity index (χ4v) is 1.69. The van der Waals surface area contributed by atoms with Crippen LogP contribution in [0.4, 0.5) is 10.1 Å². The fourth-order valence-electron chi connectivity index (χ4n) is 1.69. The Kier molecular flexibility index (Phi) is 2.52. The van der Waals surface area contributed by atoms with Crippen molar-refractivity contribution < 1.29 is 8.91 Å². The van der Waals surface area contributed by atoms with Crippen molar-refractivity contribution in [1.29, 1.82) is 0 Å². The molecule has 0 spiro atoms. The largest absolute Gasteiger partial charge is 0.396 e. The molecule has 3 aromatic rings. The third-order valence-electron chi connectivity index (χ3n) is 2.71. The summed E-state index contributed by atoms with van der Waals surface area (Å²) in [6.45, 7) is 0. The molecule has 0 unspecified atom stereocenters. The van der Waals surface area contributed by atoms with Crippen molar-refractivity contribution in [2.24, 2.45) is 7.05 Å². The van der Waals surface area contributed by atoms with E-state index in [-0.39, 0.29) is 11.6 Å². The van der Waals surface area contributed by atoms with Crippen molar-refractivity contribution >= 4 is 5.69 Å². The van der Waals surface area contributed by atoms with Gasteiger partial charge in [0.25, 0.3) is 5.89 Å². The van der Waals surface area contributed by atoms with Gasteiger partial charge in [-0.15, -0.1) is 0 Å². The van der Waals surface area contributed by atoms with Gasteiger partial charge in [-0.05, 0) is 18.2 Å². The van der Waals surface area contributed by atoms with Gasteiger partial charge in [0.2, 0.25) is 5.82 Å². The van der Waals surface area contributed by atoms with Gasteiger partial charge in [-0.2, -0.15) is 4.98 Å². The minimum Gasteiger partial charge on any atom is -0.396 e. The summed E-state index contributed by atoms with van der Waals surface area (Å²) >= 11 is 0. The standard InChI is InChI=1S/C12H10FN5O/c1-18-6-15-5-10(18)11-16-12(19-17-11)7-2-3-8(13)9(14)4-7/h2-6H,14H2,1H3. The van der Waals surface area contributed by atoms with Crippen LogP contribution in [0.2, 0.25) is 0 Å². The Morgan fingerprint density at radius 2 is 2.21 bits per heavy atom. The van der Waals surface area contributed by atoms with Crippen LogP contribution in [-0.2, 0) is 7.05 Å². The number of rotatable bonds is 2. The molecule has 7 heteroatoms. The number of aryl methyl sites for hydroxylation is 1. The molecule has 0 atom stereocenters. The average Bonchev–Trinajstić information content (AvgIpc) is 3.01. The minimum absolute atomic E-state index is 0.0396. The van der Waals surface area contributed by atoms with E-state index in [1.54, 1.807) is 17.1 Å². The van der Waals surface area contributed by atoms with Crippen molar-refractivity contribution in [3.8, 4) is 23.0 Å². The van der Waals surface area contributed by atoms with Gasteiger partial charge in [-0.3, -0.25) is 0 Å². The zero-order valence-corrected chi connectivity index (χ0v) is 10.0. The maximum Gasteiger partial charge on any atom is 0.258 e. The van der Waals surface area contributed by atoms with Crippen LogP contribution in [0.15, 0.2) is 35.2 Å². The van der Waals surface area contributed by atoms with E-state index >= 15 is 0 Å². The van der Waals surface area contributed by atoms with Crippen LogP contribution in [0, 0.1) is 5.82 Å². The Morgan fingerprint density at radius 1 is 1.37 bits per heavy atom. The van der Waals surface area contributed by atoms with E-state index in [2.05, 4.69) is 15.1 Å². The fraction of sp³-hybridized carbons (Fsp3) is 0.0833. The van der Waals surface area contributed by atoms with Gasteiger partial charge in [0.05, 0.1) is 18.2 Å². The number of halogens is 1. The van der Waals surface area contributed by atoms with E-state index in [1.807, 2.05) is 7.05 Å². The molecule has 0 amide bonds. The Morgan fingerprint density at radius 3 is 2.89 bits per heavy atom. The van der Waals surface area contributed by atoms with Crippen LogP contribution < -0.4 is 5.73 Å². The lowest BCUT2D eigenvalue weighted by Crippen LogP contribution is -1.92. The molecule has 0 saturated carbocycles. The summed E-state index contributed by atoms with van der Waals surface area (Å²) in [4.78, 5) is 8.22. The number of nitrogens with zero attached hydrogens (tertiary/aromatic N) is 4. The molecule has 6 nitrogen and oxygen atoms in total. The Labute approximate surface area is 107 Å². The smallest absolute Gasteiger partial charge is 0.258 e. The Balaban J connectivity index is 2.01. The summed E-state index contributed by atoms with van der Waals surface area (Å²) in [5, 5.41) is 3.87. The second kappa shape index (κ2) is 4.20. The zero-order valence-electron chi connectivity index (χ0n) is 10.0. The highest BCUT2D eigenvalue weighted by molar-refractivity contribution is 5.62. The maximum absolute atomic E-state index is 13.1. The molecule has 0 bridgehead atoms. The Bertz CT molecular complexity index is 733. The lowest BCUT2D eigenvalue weighted by Gasteiger charge is -1.98. The number of benzene rings is 1. The topological polar surface area (TPSA) is 82.8 Å². The van der Waals surface area contributed by atoms with E-state index in [1.165, 1.54) is 18.2 Å². The van der Waals surface area contributed by atoms with E-state index in [0.29, 0.717) is 11.4 Å². The van der Waals surface area contributed by atoms with Crippen LogP contribution in [0.1, 0.15) is 0 Å². The highest BCUT2D eigenvalue weighted by Gasteiger charge is 2.13. The number of nitrogens with two attached hydrogens (primary N) is 1. The first kappa shape index (κ1) is 11.4. The van der Waals surface area contributed by atoms with Gasteiger partial charge in [0.15, 0.2) is 0 Å². The van der Waals surface area contributed by atoms with Crippen LogP contribution in [0.25, 0.3) is 23.0 Å². The van der Waals surface area contributed by atoms with Gasteiger partial charge in [-0.1, -0.05) is 5.16 Å². The quantitative estimate of drug-likeness (QED) is 0.710. The van der Waals surface area contributed by atoms with Crippen LogP contribution in [0.3, 0.4) is 0 Å². The molecule has 0 fully saturated rings. The summed E-state index contributed by atoms with van der Waals surface area (Å²) in [6.07, 6.45) is 3.27. The van der Waals surface area contributed by atoms with Crippen molar-refractivity contribution in [3.63, 3.8) is 0 Å². The lowest BCUT2D eigenvalue weighted by atomic mass is 10.2. The molecule has 2 heterocycles. The first-order valence-corrected chi connectivity index (χ1v) is 5.51. The molecular weight excluding hydrogens is 249 g/mol. The molecule has 1 aromatic carbocycles. The molecule has 0 radical (unpaired) electrons. The summed E-state index contributed by atoms with van der Waals surface area (Å²) in [5.41, 5.74) is 6.84. The monoisotopic (exact) mass is 259 g/mol. The van der Waals surface area contributed by atoms with E-state index in [9.17, 15) is 4.39 Å². The highest BCUT2D eigenvalue weighted by Crippen LogP contribution is 2.24. The molecule has 96 valence electrons. The normalized spacial score (nSPS) is 10.8. The summed E-state index contributed by atoms with van der Waals surface area (Å²) in [7, 11) is 1.83. The highest BCUT2D eigenvalue weighted by atomic mass is 19.1. The van der Waals surface area contributed by atoms with Gasteiger partial charge in [0, 0.05) is 12.6 Å². The number of imidazole rings is 1. The molecule has 0 saturated heterocycles. The first-order chi connectivity index (χ1) is 9.15. The molecular formula is C12H10FN5O. The zero-order chi connectivity index (χ0) is 13.4. The number of hydrogen-bond donors (Lipinski definition) is 1. The number of anilines is 1. The van der Waals surface area contributed by atoms with E-state index in [4.69, 9.17) is 10.3 Å². The molecule has 19 heavy (non-hydrogen) atoms. The first-order valence-electron chi connectivity index (χ1n) is 5.51. The van der Waals surface area contributed by atoms with E-state index < -0.39 is 5.82 Å². The van der Waals surface area contributed by atoms with Crippen molar-refractivity contribution in [2.75, 3.05) is 5.73 Å². The van der Waals surface area contributed by atoms with Gasteiger partial charge in [0.1, 0.15) is 11.5 Å². The number of aromatic nitrogens is 4. The maximum atomic E-state index is 13.1. The van der Waals surface area contributed by atoms with Gasteiger partial charge >= 0.3 is 0 Å².